The van der Waals surface area contributed by atoms with Gasteiger partial charge in [0.15, 0.2) is 0 Å². The lowest BCUT2D eigenvalue weighted by Gasteiger charge is -2.10. The van der Waals surface area contributed by atoms with E-state index in [0.29, 0.717) is 22.9 Å². The lowest BCUT2D eigenvalue weighted by molar-refractivity contribution is 0.0600. The van der Waals surface area contributed by atoms with Crippen LogP contribution in [0.15, 0.2) is 54.6 Å². The van der Waals surface area contributed by atoms with Crippen LogP contribution in [0.1, 0.15) is 32.1 Å². The molecule has 142 valence electrons. The van der Waals surface area contributed by atoms with Gasteiger partial charge in [0.2, 0.25) is 5.95 Å². The molecule has 1 amide bonds. The zero-order chi connectivity index (χ0) is 20.1. The summed E-state index contributed by atoms with van der Waals surface area (Å²) < 4.78 is 4.70. The predicted molar refractivity (Wildman–Crippen MR) is 107 cm³/mol. The number of ether oxygens (including phenoxy) is 1. The third-order valence-corrected chi connectivity index (χ3v) is 3.90. The van der Waals surface area contributed by atoms with Gasteiger partial charge in [0, 0.05) is 17.1 Å². The second-order valence-electron chi connectivity index (χ2n) is 6.24. The summed E-state index contributed by atoms with van der Waals surface area (Å²) in [6, 6.07) is 15.9. The fraction of sp³-hybridized carbons (Fsp3) is 0.143. The largest absolute Gasteiger partial charge is 0.465 e. The average Bonchev–Trinajstić information content (AvgIpc) is 2.67. The van der Waals surface area contributed by atoms with Gasteiger partial charge in [-0.2, -0.15) is 0 Å². The summed E-state index contributed by atoms with van der Waals surface area (Å²) in [4.78, 5) is 32.9. The second kappa shape index (κ2) is 8.30. The minimum Gasteiger partial charge on any atom is -0.465 e. The highest BCUT2D eigenvalue weighted by molar-refractivity contribution is 6.03. The van der Waals surface area contributed by atoms with Crippen LogP contribution >= 0.6 is 0 Å². The first kappa shape index (κ1) is 19.0. The number of carbonyl (C=O) groups excluding carboxylic acids is 2. The fourth-order valence-electron chi connectivity index (χ4n) is 2.63. The molecule has 0 atom stereocenters. The second-order valence-corrected chi connectivity index (χ2v) is 6.24. The molecule has 0 aliphatic heterocycles. The van der Waals surface area contributed by atoms with E-state index in [0.717, 1.165) is 11.3 Å². The van der Waals surface area contributed by atoms with Crippen LogP contribution in [0.5, 0.6) is 0 Å². The Balaban J connectivity index is 1.80. The first-order valence-electron chi connectivity index (χ1n) is 8.64. The number of nitrogens with one attached hydrogen (secondary N) is 2. The molecule has 0 saturated heterocycles. The summed E-state index contributed by atoms with van der Waals surface area (Å²) in [5.41, 5.74) is 3.62. The van der Waals surface area contributed by atoms with Crippen LogP contribution < -0.4 is 10.6 Å². The van der Waals surface area contributed by atoms with Crippen molar-refractivity contribution in [2.24, 2.45) is 0 Å². The molecule has 7 nitrogen and oxygen atoms in total. The Labute approximate surface area is 162 Å². The number of rotatable bonds is 5. The SMILES string of the molecule is COC(=O)c1cccc(NC(=O)c2cc(C)nc(Nc3cccc(C)c3)n2)c1. The molecular formula is C21H20N4O3. The van der Waals surface area contributed by atoms with E-state index >= 15 is 0 Å². The summed E-state index contributed by atoms with van der Waals surface area (Å²) in [7, 11) is 1.31. The molecule has 0 aliphatic rings. The van der Waals surface area contributed by atoms with Gasteiger partial charge >= 0.3 is 5.97 Å². The third-order valence-electron chi connectivity index (χ3n) is 3.90. The molecular weight excluding hydrogens is 356 g/mol. The molecule has 7 heteroatoms. The topological polar surface area (TPSA) is 93.2 Å². The molecule has 0 aliphatic carbocycles. The monoisotopic (exact) mass is 376 g/mol. The van der Waals surface area contributed by atoms with E-state index in [-0.39, 0.29) is 5.69 Å². The van der Waals surface area contributed by atoms with Crippen molar-refractivity contribution < 1.29 is 14.3 Å². The number of amides is 1. The standard InChI is InChI=1S/C21H20N4O3/c1-13-6-4-8-16(10-13)24-21-22-14(2)11-18(25-21)19(26)23-17-9-5-7-15(12-17)20(27)28-3/h4-12H,1-3H3,(H,23,26)(H,22,24,25). The van der Waals surface area contributed by atoms with Crippen LogP contribution in [-0.4, -0.2) is 29.0 Å². The summed E-state index contributed by atoms with van der Waals surface area (Å²) in [5.74, 6) is -0.544. The molecule has 2 N–H and O–H groups in total. The molecule has 0 bridgehead atoms. The number of methoxy groups -OCH3 is 1. The quantitative estimate of drug-likeness (QED) is 0.657. The van der Waals surface area contributed by atoms with Gasteiger partial charge in [0.25, 0.3) is 5.91 Å². The molecule has 0 unspecified atom stereocenters. The molecule has 0 saturated carbocycles. The van der Waals surface area contributed by atoms with Crippen molar-refractivity contribution in [1.29, 1.82) is 0 Å². The number of aromatic nitrogens is 2. The normalized spacial score (nSPS) is 10.2. The van der Waals surface area contributed by atoms with Crippen LogP contribution in [0.2, 0.25) is 0 Å². The summed E-state index contributed by atoms with van der Waals surface area (Å²) in [6.07, 6.45) is 0. The van der Waals surface area contributed by atoms with E-state index in [4.69, 9.17) is 4.74 Å². The molecule has 2 aromatic carbocycles. The van der Waals surface area contributed by atoms with Gasteiger partial charge in [-0.05, 0) is 55.8 Å². The van der Waals surface area contributed by atoms with Crippen molar-refractivity contribution in [3.8, 4) is 0 Å². The Morgan fingerprint density at radius 3 is 2.43 bits per heavy atom. The summed E-state index contributed by atoms with van der Waals surface area (Å²) in [6.45, 7) is 3.78. The van der Waals surface area contributed by atoms with Crippen molar-refractivity contribution in [2.45, 2.75) is 13.8 Å². The molecule has 3 rings (SSSR count). The molecule has 0 radical (unpaired) electrons. The van der Waals surface area contributed by atoms with Crippen LogP contribution in [0.3, 0.4) is 0 Å². The van der Waals surface area contributed by atoms with E-state index in [2.05, 4.69) is 20.6 Å². The number of hydrogen-bond acceptors (Lipinski definition) is 6. The number of aryl methyl sites for hydroxylation is 2. The summed E-state index contributed by atoms with van der Waals surface area (Å²) >= 11 is 0. The van der Waals surface area contributed by atoms with Crippen molar-refractivity contribution in [2.75, 3.05) is 17.7 Å². The van der Waals surface area contributed by atoms with E-state index in [1.807, 2.05) is 31.2 Å². The van der Waals surface area contributed by atoms with Gasteiger partial charge in [-0.1, -0.05) is 18.2 Å². The van der Waals surface area contributed by atoms with Crippen molar-refractivity contribution >= 4 is 29.2 Å². The van der Waals surface area contributed by atoms with Gasteiger partial charge in [-0.3, -0.25) is 4.79 Å². The van der Waals surface area contributed by atoms with Gasteiger partial charge in [0.05, 0.1) is 12.7 Å². The molecule has 28 heavy (non-hydrogen) atoms. The highest BCUT2D eigenvalue weighted by Crippen LogP contribution is 2.17. The van der Waals surface area contributed by atoms with Gasteiger partial charge in [-0.15, -0.1) is 0 Å². The highest BCUT2D eigenvalue weighted by atomic mass is 16.5. The van der Waals surface area contributed by atoms with E-state index in [1.165, 1.54) is 7.11 Å². The maximum atomic E-state index is 12.6. The molecule has 0 fully saturated rings. The zero-order valence-electron chi connectivity index (χ0n) is 15.8. The smallest absolute Gasteiger partial charge is 0.337 e. The third kappa shape index (κ3) is 4.70. The van der Waals surface area contributed by atoms with E-state index in [1.54, 1.807) is 37.3 Å². The molecule has 0 spiro atoms. The zero-order valence-corrected chi connectivity index (χ0v) is 15.8. The maximum Gasteiger partial charge on any atom is 0.337 e. The number of hydrogen-bond donors (Lipinski definition) is 2. The average molecular weight is 376 g/mol. The highest BCUT2D eigenvalue weighted by Gasteiger charge is 2.13. The molecule has 1 aromatic heterocycles. The van der Waals surface area contributed by atoms with Crippen molar-refractivity contribution in [3.63, 3.8) is 0 Å². The fourth-order valence-corrected chi connectivity index (χ4v) is 2.63. The Bertz CT molecular complexity index is 1030. The van der Waals surface area contributed by atoms with Crippen molar-refractivity contribution in [1.82, 2.24) is 9.97 Å². The van der Waals surface area contributed by atoms with Crippen molar-refractivity contribution in [3.05, 3.63) is 77.1 Å². The first-order chi connectivity index (χ1) is 13.4. The number of nitrogens with zero attached hydrogens (tertiary/aromatic N) is 2. The lowest BCUT2D eigenvalue weighted by Crippen LogP contribution is -2.16. The Morgan fingerprint density at radius 1 is 0.929 bits per heavy atom. The number of benzene rings is 2. The van der Waals surface area contributed by atoms with Crippen LogP contribution in [0.4, 0.5) is 17.3 Å². The number of carbonyl (C=O) groups is 2. The Hall–Kier alpha value is -3.74. The minimum atomic E-state index is -0.473. The van der Waals surface area contributed by atoms with Crippen LogP contribution in [0.25, 0.3) is 0 Å². The number of esters is 1. The summed E-state index contributed by atoms with van der Waals surface area (Å²) in [5, 5.41) is 5.85. The van der Waals surface area contributed by atoms with E-state index < -0.39 is 11.9 Å². The molecule has 1 heterocycles. The van der Waals surface area contributed by atoms with Crippen LogP contribution in [-0.2, 0) is 4.74 Å². The molecule has 3 aromatic rings. The van der Waals surface area contributed by atoms with Gasteiger partial charge in [0.1, 0.15) is 5.69 Å². The first-order valence-corrected chi connectivity index (χ1v) is 8.64. The Kier molecular flexibility index (Phi) is 5.64. The lowest BCUT2D eigenvalue weighted by atomic mass is 10.2. The van der Waals surface area contributed by atoms with Crippen LogP contribution in [0, 0.1) is 13.8 Å². The minimum absolute atomic E-state index is 0.214. The van der Waals surface area contributed by atoms with Gasteiger partial charge < -0.3 is 15.4 Å². The number of anilines is 3. The van der Waals surface area contributed by atoms with Gasteiger partial charge in [-0.25, -0.2) is 14.8 Å². The van der Waals surface area contributed by atoms with E-state index in [9.17, 15) is 9.59 Å². The predicted octanol–water partition coefficient (Wildman–Crippen LogP) is 3.88. The Morgan fingerprint density at radius 2 is 1.68 bits per heavy atom. The maximum absolute atomic E-state index is 12.6.